The molecule has 3 N–H and O–H groups in total. The Morgan fingerprint density at radius 2 is 2.57 bits per heavy atom. The van der Waals surface area contributed by atoms with Crippen molar-refractivity contribution in [3.05, 3.63) is 0 Å². The first-order chi connectivity index (χ1) is 3.34. The number of halogens is 1. The molecule has 1 heterocycles. The second-order valence-corrected chi connectivity index (χ2v) is 7.83. The van der Waals surface area contributed by atoms with E-state index in [1.807, 2.05) is 0 Å². The van der Waals surface area contributed by atoms with Gasteiger partial charge in [-0.15, -0.1) is 0 Å². The molecule has 1 fully saturated rings. The molecule has 0 aromatic rings. The average Bonchev–Trinajstić information content (AvgIpc) is 2.22. The molecule has 0 aromatic heterocycles. The number of nitrogens with two attached hydrogens (primary N) is 1. The summed E-state index contributed by atoms with van der Waals surface area (Å²) in [6, 6.07) is 0. The quantitative estimate of drug-likeness (QED) is 0.132. The fourth-order valence-electron chi connectivity index (χ4n) is 0.381. The van der Waals surface area contributed by atoms with Crippen molar-refractivity contribution in [2.24, 2.45) is 5.84 Å². The van der Waals surface area contributed by atoms with E-state index in [0.717, 1.165) is 3.67 Å². The van der Waals surface area contributed by atoms with Crippen LogP contribution in [0.15, 0.2) is 0 Å². The van der Waals surface area contributed by atoms with E-state index < -0.39 is 0 Å². The van der Waals surface area contributed by atoms with E-state index >= 15 is 0 Å². The van der Waals surface area contributed by atoms with Crippen molar-refractivity contribution in [2.75, 3.05) is 12.8 Å². The molecule has 0 saturated carbocycles. The zero-order valence-corrected chi connectivity index (χ0v) is 7.24. The van der Waals surface area contributed by atoms with E-state index in [0.29, 0.717) is 7.92 Å². The van der Waals surface area contributed by atoms with Gasteiger partial charge < -0.3 is 0 Å². The summed E-state index contributed by atoms with van der Waals surface area (Å²) in [5, 5.41) is 0. The Balaban J connectivity index is 1.98. The van der Waals surface area contributed by atoms with Gasteiger partial charge in [0, 0.05) is 0 Å². The van der Waals surface area contributed by atoms with Gasteiger partial charge in [0.25, 0.3) is 0 Å². The van der Waals surface area contributed by atoms with Gasteiger partial charge in [-0.25, -0.2) is 0 Å². The third-order valence-corrected chi connectivity index (χ3v) is 8.31. The summed E-state index contributed by atoms with van der Waals surface area (Å²) in [6.07, 6.45) is 1.48. The second-order valence-electron chi connectivity index (χ2n) is 1.59. The number of nitrogens with one attached hydrogen (secondary N) is 1. The molecule has 1 saturated heterocycles. The molecule has 44 valence electrons. The van der Waals surface area contributed by atoms with Gasteiger partial charge in [0.2, 0.25) is 0 Å². The second kappa shape index (κ2) is 2.58. The van der Waals surface area contributed by atoms with Crippen molar-refractivity contribution in [3.63, 3.8) is 0 Å². The Morgan fingerprint density at radius 1 is 2.00 bits per heavy atom. The first kappa shape index (κ1) is 6.20. The Bertz CT molecular complexity index is 70.0. The Morgan fingerprint density at radius 3 is 2.71 bits per heavy atom. The topological polar surface area (TPSA) is 38.0 Å². The van der Waals surface area contributed by atoms with Gasteiger partial charge in [0.05, 0.1) is 0 Å². The van der Waals surface area contributed by atoms with Crippen LogP contribution in [0.3, 0.4) is 0 Å². The number of rotatable bonds is 2. The van der Waals surface area contributed by atoms with E-state index in [9.17, 15) is 0 Å². The zero-order valence-electron chi connectivity index (χ0n) is 4.19. The van der Waals surface area contributed by atoms with Gasteiger partial charge in [0.1, 0.15) is 0 Å². The van der Waals surface area contributed by atoms with Crippen molar-refractivity contribution in [2.45, 2.75) is 3.67 Å². The van der Waals surface area contributed by atoms with Crippen LogP contribution in [-0.4, -0.2) is 16.5 Å². The summed E-state index contributed by atoms with van der Waals surface area (Å²) in [7, 11) is 0.467. The first-order valence-corrected chi connectivity index (χ1v) is 6.49. The van der Waals surface area contributed by atoms with E-state index in [4.69, 9.17) is 5.84 Å². The van der Waals surface area contributed by atoms with Crippen molar-refractivity contribution in [3.8, 4) is 0 Å². The molecule has 2 unspecified atom stereocenters. The molecule has 1 aliphatic rings. The molecular weight excluding hydrogens is 222 g/mol. The van der Waals surface area contributed by atoms with E-state index in [-0.39, 0.29) is 21.5 Å². The molecule has 2 atom stereocenters. The summed E-state index contributed by atoms with van der Waals surface area (Å²) >= 11 is 0.196. The molecule has 1 rings (SSSR count). The third kappa shape index (κ3) is 1.80. The molecule has 7 heavy (non-hydrogen) atoms. The van der Waals surface area contributed by atoms with Gasteiger partial charge in [-0.05, 0) is 0 Å². The van der Waals surface area contributed by atoms with E-state index in [1.54, 1.807) is 0 Å². The summed E-state index contributed by atoms with van der Waals surface area (Å²) < 4.78 is 3.84. The summed E-state index contributed by atoms with van der Waals surface area (Å²) in [5.41, 5.74) is 0. The zero-order chi connectivity index (χ0) is 5.28. The van der Waals surface area contributed by atoms with E-state index in [2.05, 4.69) is 10.3 Å². The molecule has 0 spiro atoms. The average molecular weight is 231 g/mol. The van der Waals surface area contributed by atoms with Crippen molar-refractivity contribution in [1.82, 2.24) is 3.64 Å². The summed E-state index contributed by atoms with van der Waals surface area (Å²) in [6.45, 7) is 2.34. The van der Waals surface area contributed by atoms with Crippen LogP contribution < -0.4 is 31.0 Å². The van der Waals surface area contributed by atoms with Crippen molar-refractivity contribution in [1.29, 1.82) is 0 Å². The molecule has 4 heteroatoms. The molecule has 0 aliphatic carbocycles. The van der Waals surface area contributed by atoms with Crippen LogP contribution >= 0.6 is 7.92 Å². The Hall–Kier alpha value is 1.08. The standard InChI is InChI=1S/C3H9IN2P/c1-7-2-3(7)4-6-5/h3,6H,2,5H2,1H3/q-1. The monoisotopic (exact) mass is 231 g/mol. The first-order valence-electron chi connectivity index (χ1n) is 2.13. The number of hydrogen-bond donors (Lipinski definition) is 2. The Labute approximate surface area is 55.6 Å². The predicted molar refractivity (Wildman–Crippen MR) is 28.8 cm³/mol. The van der Waals surface area contributed by atoms with Crippen LogP contribution in [0, 0.1) is 0 Å². The SMILES string of the molecule is CP1CC1[I-]NN. The molecule has 2 nitrogen and oxygen atoms in total. The minimum atomic E-state index is 0.196. The van der Waals surface area contributed by atoms with Gasteiger partial charge >= 0.3 is 55.4 Å². The molecule has 0 radical (unpaired) electrons. The number of hydrazine groups is 1. The molecule has 0 aromatic carbocycles. The van der Waals surface area contributed by atoms with Gasteiger partial charge in [-0.2, -0.15) is 0 Å². The van der Waals surface area contributed by atoms with Gasteiger partial charge in [0.15, 0.2) is 0 Å². The molecule has 0 bridgehead atoms. The predicted octanol–water partition coefficient (Wildman–Crippen LogP) is -3.09. The number of hydrogen-bond acceptors (Lipinski definition) is 2. The Kier molecular flexibility index (Phi) is 2.28. The fourth-order valence-corrected chi connectivity index (χ4v) is 6.16. The molecular formula is C3H9IN2P-. The number of alkyl halides is 1. The van der Waals surface area contributed by atoms with Crippen molar-refractivity contribution < 1.29 is 21.5 Å². The van der Waals surface area contributed by atoms with Crippen LogP contribution in [0.4, 0.5) is 0 Å². The fraction of sp³-hybridized carbons (Fsp3) is 1.00. The molecule has 1 aliphatic heterocycles. The van der Waals surface area contributed by atoms with Gasteiger partial charge in [-0.1, -0.05) is 0 Å². The van der Waals surface area contributed by atoms with Crippen LogP contribution in [0.2, 0.25) is 0 Å². The van der Waals surface area contributed by atoms with E-state index in [1.165, 1.54) is 6.16 Å². The maximum atomic E-state index is 5.14. The maximum absolute atomic E-state index is 5.14. The van der Waals surface area contributed by atoms with Crippen LogP contribution in [0.5, 0.6) is 0 Å². The van der Waals surface area contributed by atoms with Gasteiger partial charge in [-0.3, -0.25) is 0 Å². The summed E-state index contributed by atoms with van der Waals surface area (Å²) in [4.78, 5) is 0. The van der Waals surface area contributed by atoms with Crippen LogP contribution in [0.25, 0.3) is 0 Å². The van der Waals surface area contributed by atoms with Crippen LogP contribution in [-0.2, 0) is 0 Å². The molecule has 0 amide bonds. The normalized spacial score (nSPS) is 39.1. The van der Waals surface area contributed by atoms with Crippen molar-refractivity contribution >= 4 is 7.92 Å². The third-order valence-electron chi connectivity index (χ3n) is 0.972. The van der Waals surface area contributed by atoms with Crippen LogP contribution in [0.1, 0.15) is 0 Å². The minimum absolute atomic E-state index is 0.196. The summed E-state index contributed by atoms with van der Waals surface area (Å²) in [5.74, 6) is 5.14.